The van der Waals surface area contributed by atoms with Crippen LogP contribution in [0.2, 0.25) is 0 Å². The van der Waals surface area contributed by atoms with Crippen LogP contribution in [0.5, 0.6) is 5.75 Å². The summed E-state index contributed by atoms with van der Waals surface area (Å²) in [4.78, 5) is 23.6. The van der Waals surface area contributed by atoms with Crippen LogP contribution in [0.4, 0.5) is 5.69 Å². The second-order valence-electron chi connectivity index (χ2n) is 5.22. The highest BCUT2D eigenvalue weighted by Crippen LogP contribution is 2.21. The molecule has 0 aliphatic carbocycles. The van der Waals surface area contributed by atoms with E-state index in [1.54, 1.807) is 32.5 Å². The minimum Gasteiger partial charge on any atom is -0.497 e. The van der Waals surface area contributed by atoms with E-state index in [1.165, 1.54) is 10.6 Å². The standard InChI is InChI=1S/C17H16N4O3/c1-21-10-12(5-8-16(21)22)18-17(23)15-9-14(19-20-15)11-3-6-13(24-2)7-4-11/h3-10H,1-2H3,(H,18,23)(H,19,20). The first kappa shape index (κ1) is 15.5. The number of amides is 1. The van der Waals surface area contributed by atoms with Gasteiger partial charge in [0.15, 0.2) is 0 Å². The van der Waals surface area contributed by atoms with Crippen molar-refractivity contribution in [2.75, 3.05) is 12.4 Å². The molecule has 7 nitrogen and oxygen atoms in total. The number of anilines is 1. The lowest BCUT2D eigenvalue weighted by Crippen LogP contribution is -2.18. The van der Waals surface area contributed by atoms with Gasteiger partial charge in [0.1, 0.15) is 11.4 Å². The molecule has 122 valence electrons. The summed E-state index contributed by atoms with van der Waals surface area (Å²) in [5, 5.41) is 9.59. The molecule has 0 saturated heterocycles. The molecule has 0 spiro atoms. The Balaban J connectivity index is 1.77. The van der Waals surface area contributed by atoms with Crippen molar-refractivity contribution >= 4 is 11.6 Å². The molecule has 0 fully saturated rings. The first-order valence-corrected chi connectivity index (χ1v) is 7.24. The van der Waals surface area contributed by atoms with E-state index in [4.69, 9.17) is 4.74 Å². The number of aryl methyl sites for hydroxylation is 1. The maximum Gasteiger partial charge on any atom is 0.273 e. The monoisotopic (exact) mass is 324 g/mol. The van der Waals surface area contributed by atoms with Crippen LogP contribution in [0.25, 0.3) is 11.3 Å². The average Bonchev–Trinajstić information content (AvgIpc) is 3.08. The number of rotatable bonds is 4. The van der Waals surface area contributed by atoms with Gasteiger partial charge >= 0.3 is 0 Å². The number of hydrogen-bond donors (Lipinski definition) is 2. The van der Waals surface area contributed by atoms with E-state index >= 15 is 0 Å². The van der Waals surface area contributed by atoms with Crippen molar-refractivity contribution in [3.05, 3.63) is 64.7 Å². The van der Waals surface area contributed by atoms with Gasteiger partial charge < -0.3 is 14.6 Å². The number of pyridine rings is 1. The number of benzene rings is 1. The number of methoxy groups -OCH3 is 1. The van der Waals surface area contributed by atoms with Gasteiger partial charge in [0.25, 0.3) is 5.91 Å². The topological polar surface area (TPSA) is 89.0 Å². The third-order valence-corrected chi connectivity index (χ3v) is 3.55. The van der Waals surface area contributed by atoms with Crippen LogP contribution in [0.3, 0.4) is 0 Å². The van der Waals surface area contributed by atoms with Crippen LogP contribution in [-0.4, -0.2) is 27.8 Å². The van der Waals surface area contributed by atoms with E-state index in [-0.39, 0.29) is 11.5 Å². The molecule has 2 N–H and O–H groups in total. The van der Waals surface area contributed by atoms with Crippen LogP contribution < -0.4 is 15.6 Å². The fourth-order valence-electron chi connectivity index (χ4n) is 2.21. The highest BCUT2D eigenvalue weighted by Gasteiger charge is 2.12. The highest BCUT2D eigenvalue weighted by atomic mass is 16.5. The Bertz CT molecular complexity index is 926. The van der Waals surface area contributed by atoms with Gasteiger partial charge in [0.2, 0.25) is 5.56 Å². The molecule has 0 atom stereocenters. The van der Waals surface area contributed by atoms with E-state index in [1.807, 2.05) is 24.3 Å². The van der Waals surface area contributed by atoms with Crippen molar-refractivity contribution in [3.63, 3.8) is 0 Å². The Morgan fingerprint density at radius 2 is 1.96 bits per heavy atom. The van der Waals surface area contributed by atoms with E-state index < -0.39 is 0 Å². The van der Waals surface area contributed by atoms with Gasteiger partial charge in [-0.1, -0.05) is 0 Å². The second kappa shape index (κ2) is 6.41. The number of hydrogen-bond acceptors (Lipinski definition) is 4. The van der Waals surface area contributed by atoms with Gasteiger partial charge in [-0.2, -0.15) is 5.10 Å². The highest BCUT2D eigenvalue weighted by molar-refractivity contribution is 6.03. The molecule has 0 radical (unpaired) electrons. The predicted molar refractivity (Wildman–Crippen MR) is 90.2 cm³/mol. The summed E-state index contributed by atoms with van der Waals surface area (Å²) in [6.07, 6.45) is 1.56. The van der Waals surface area contributed by atoms with Crippen molar-refractivity contribution in [2.24, 2.45) is 7.05 Å². The fourth-order valence-corrected chi connectivity index (χ4v) is 2.21. The van der Waals surface area contributed by atoms with Gasteiger partial charge in [-0.15, -0.1) is 0 Å². The molecule has 0 aliphatic rings. The minimum atomic E-state index is -0.332. The van der Waals surface area contributed by atoms with Crippen molar-refractivity contribution in [2.45, 2.75) is 0 Å². The number of aromatic amines is 1. The summed E-state index contributed by atoms with van der Waals surface area (Å²) >= 11 is 0. The van der Waals surface area contributed by atoms with E-state index in [0.717, 1.165) is 11.3 Å². The predicted octanol–water partition coefficient (Wildman–Crippen LogP) is 2.04. The quantitative estimate of drug-likeness (QED) is 0.768. The third-order valence-electron chi connectivity index (χ3n) is 3.55. The van der Waals surface area contributed by atoms with Gasteiger partial charge in [-0.05, 0) is 36.4 Å². The number of aromatic nitrogens is 3. The molecule has 0 bridgehead atoms. The van der Waals surface area contributed by atoms with Crippen molar-refractivity contribution in [1.82, 2.24) is 14.8 Å². The van der Waals surface area contributed by atoms with Crippen molar-refractivity contribution in [3.8, 4) is 17.0 Å². The summed E-state index contributed by atoms with van der Waals surface area (Å²) in [6.45, 7) is 0. The summed E-state index contributed by atoms with van der Waals surface area (Å²) in [5.74, 6) is 0.419. The molecule has 2 heterocycles. The van der Waals surface area contributed by atoms with Gasteiger partial charge in [0, 0.05) is 24.9 Å². The first-order chi connectivity index (χ1) is 11.6. The molecule has 3 aromatic rings. The Labute approximate surface area is 137 Å². The summed E-state index contributed by atoms with van der Waals surface area (Å²) in [5.41, 5.74) is 2.24. The Hall–Kier alpha value is -3.35. The average molecular weight is 324 g/mol. The first-order valence-electron chi connectivity index (χ1n) is 7.24. The zero-order valence-electron chi connectivity index (χ0n) is 13.2. The molecular weight excluding hydrogens is 308 g/mol. The number of ether oxygens (including phenoxy) is 1. The van der Waals surface area contributed by atoms with Crippen LogP contribution in [0.1, 0.15) is 10.5 Å². The normalized spacial score (nSPS) is 10.4. The molecule has 0 saturated carbocycles. The minimum absolute atomic E-state index is 0.142. The maximum absolute atomic E-state index is 12.3. The molecule has 2 aromatic heterocycles. The van der Waals surface area contributed by atoms with Crippen molar-refractivity contribution < 1.29 is 9.53 Å². The number of carbonyl (C=O) groups excluding carboxylic acids is 1. The molecule has 0 unspecified atom stereocenters. The molecule has 1 amide bonds. The third kappa shape index (κ3) is 3.19. The lowest BCUT2D eigenvalue weighted by Gasteiger charge is -2.04. The van der Waals surface area contributed by atoms with Crippen LogP contribution >= 0.6 is 0 Å². The van der Waals surface area contributed by atoms with Crippen molar-refractivity contribution in [1.29, 1.82) is 0 Å². The van der Waals surface area contributed by atoms with Gasteiger partial charge in [-0.3, -0.25) is 14.7 Å². The largest absolute Gasteiger partial charge is 0.497 e. The van der Waals surface area contributed by atoms with Gasteiger partial charge in [0.05, 0.1) is 18.5 Å². The lowest BCUT2D eigenvalue weighted by atomic mass is 10.1. The Morgan fingerprint density at radius 1 is 1.21 bits per heavy atom. The number of H-pyrrole nitrogens is 1. The zero-order chi connectivity index (χ0) is 17.1. The lowest BCUT2D eigenvalue weighted by molar-refractivity contribution is 0.102. The SMILES string of the molecule is COc1ccc(-c2cc(C(=O)Nc3ccc(=O)n(C)c3)[nH]n2)cc1. The van der Waals surface area contributed by atoms with Crippen LogP contribution in [-0.2, 0) is 7.05 Å². The number of nitrogens with one attached hydrogen (secondary N) is 2. The summed E-state index contributed by atoms with van der Waals surface area (Å²) in [7, 11) is 3.22. The zero-order valence-corrected chi connectivity index (χ0v) is 13.2. The molecule has 3 rings (SSSR count). The van der Waals surface area contributed by atoms with Gasteiger partial charge in [-0.25, -0.2) is 0 Å². The van der Waals surface area contributed by atoms with Crippen LogP contribution in [0.15, 0.2) is 53.5 Å². The second-order valence-corrected chi connectivity index (χ2v) is 5.22. The molecule has 0 aliphatic heterocycles. The summed E-state index contributed by atoms with van der Waals surface area (Å²) < 4.78 is 6.51. The Kier molecular flexibility index (Phi) is 4.15. The molecule has 24 heavy (non-hydrogen) atoms. The van der Waals surface area contributed by atoms with Crippen LogP contribution in [0, 0.1) is 0 Å². The van der Waals surface area contributed by atoms with E-state index in [0.29, 0.717) is 17.1 Å². The number of carbonyl (C=O) groups is 1. The smallest absolute Gasteiger partial charge is 0.273 e. The Morgan fingerprint density at radius 3 is 2.62 bits per heavy atom. The fraction of sp³-hybridized carbons (Fsp3) is 0.118. The van der Waals surface area contributed by atoms with E-state index in [9.17, 15) is 9.59 Å². The summed E-state index contributed by atoms with van der Waals surface area (Å²) in [6, 6.07) is 12.0. The molecule has 7 heteroatoms. The maximum atomic E-state index is 12.3. The van der Waals surface area contributed by atoms with E-state index in [2.05, 4.69) is 15.5 Å². The molecular formula is C17H16N4O3. The molecule has 1 aromatic carbocycles. The number of nitrogens with zero attached hydrogens (tertiary/aromatic N) is 2.